The van der Waals surface area contributed by atoms with Crippen molar-refractivity contribution in [2.45, 2.75) is 74.4 Å². The first-order valence-corrected chi connectivity index (χ1v) is 12.9. The molecule has 1 saturated heterocycles. The Balaban J connectivity index is 1.32. The molecule has 0 radical (unpaired) electrons. The van der Waals surface area contributed by atoms with Crippen molar-refractivity contribution in [1.29, 1.82) is 5.41 Å². The van der Waals surface area contributed by atoms with Crippen LogP contribution in [0.1, 0.15) is 57.8 Å². The molecule has 5 rings (SSSR count). The number of halogens is 2. The van der Waals surface area contributed by atoms with Gasteiger partial charge in [-0.2, -0.15) is 4.98 Å². The largest absolute Gasteiger partial charge is 0.474 e. The number of anilines is 1. The Morgan fingerprint density at radius 1 is 1.32 bits per heavy atom. The second-order valence-electron chi connectivity index (χ2n) is 9.98. The number of ether oxygens (including phenoxy) is 1. The van der Waals surface area contributed by atoms with Crippen LogP contribution in [0.15, 0.2) is 23.1 Å². The summed E-state index contributed by atoms with van der Waals surface area (Å²) in [5, 5.41) is 8.70. The molecule has 34 heavy (non-hydrogen) atoms. The van der Waals surface area contributed by atoms with Crippen LogP contribution in [0.2, 0.25) is 5.02 Å². The van der Waals surface area contributed by atoms with Crippen molar-refractivity contribution in [2.24, 2.45) is 0 Å². The predicted molar refractivity (Wildman–Crippen MR) is 133 cm³/mol. The smallest absolute Gasteiger partial charge is 0.228 e. The number of benzene rings is 1. The van der Waals surface area contributed by atoms with Crippen molar-refractivity contribution in [2.75, 3.05) is 18.8 Å². The summed E-state index contributed by atoms with van der Waals surface area (Å²) in [5.74, 6) is 1.02. The molecule has 3 aliphatic rings. The molecule has 0 amide bonds. The average Bonchev–Trinajstić information content (AvgIpc) is 3.61. The third kappa shape index (κ3) is 4.17. The molecule has 2 aromatic rings. The average molecular weight is 505 g/mol. The Labute approximate surface area is 208 Å². The molecule has 4 N–H and O–H groups in total. The van der Waals surface area contributed by atoms with E-state index in [0.29, 0.717) is 38.9 Å². The van der Waals surface area contributed by atoms with E-state index in [1.165, 1.54) is 24.1 Å². The van der Waals surface area contributed by atoms with Crippen LogP contribution in [-0.4, -0.2) is 51.4 Å². The molecule has 7 nitrogen and oxygen atoms in total. The molecule has 2 saturated carbocycles. The lowest BCUT2D eigenvalue weighted by molar-refractivity contribution is 0.0808. The van der Waals surface area contributed by atoms with Crippen LogP contribution >= 0.6 is 23.5 Å². The molecule has 0 spiro atoms. The van der Waals surface area contributed by atoms with Crippen molar-refractivity contribution in [1.82, 2.24) is 19.6 Å². The fraction of sp³-hybridized carbons (Fsp3) is 0.542. The number of fused-ring (bicyclic) bond motifs is 1. The fourth-order valence-electron chi connectivity index (χ4n) is 4.92. The highest BCUT2D eigenvalue weighted by molar-refractivity contribution is 7.97. The highest BCUT2D eigenvalue weighted by Crippen LogP contribution is 2.78. The highest BCUT2D eigenvalue weighted by Gasteiger charge is 2.86. The third-order valence-corrected chi connectivity index (χ3v) is 8.58. The maximum atomic E-state index is 14.1. The second-order valence-corrected chi connectivity index (χ2v) is 11.3. The molecule has 2 aliphatic carbocycles. The van der Waals surface area contributed by atoms with Crippen molar-refractivity contribution < 1.29 is 9.13 Å². The molecule has 3 fully saturated rings. The van der Waals surface area contributed by atoms with Crippen molar-refractivity contribution in [3.8, 4) is 5.88 Å². The minimum Gasteiger partial charge on any atom is -0.474 e. The summed E-state index contributed by atoms with van der Waals surface area (Å²) < 4.78 is 23.9. The van der Waals surface area contributed by atoms with Gasteiger partial charge in [0.15, 0.2) is 0 Å². The van der Waals surface area contributed by atoms with E-state index in [0.717, 1.165) is 38.8 Å². The quantitative estimate of drug-likeness (QED) is 0.357. The predicted octanol–water partition coefficient (Wildman–Crippen LogP) is 4.57. The number of hydrogen-bond acceptors (Lipinski definition) is 8. The van der Waals surface area contributed by atoms with Crippen LogP contribution in [0.5, 0.6) is 5.88 Å². The number of nitrogens with zero attached hydrogens (tertiary/aromatic N) is 3. The number of hydrogen-bond donors (Lipinski definition) is 3. The zero-order chi connectivity index (χ0) is 24.3. The van der Waals surface area contributed by atoms with E-state index in [-0.39, 0.29) is 28.7 Å². The number of piperidine rings is 1. The Morgan fingerprint density at radius 3 is 2.68 bits per heavy atom. The lowest BCUT2D eigenvalue weighted by Crippen LogP contribution is -2.42. The Kier molecular flexibility index (Phi) is 6.03. The van der Waals surface area contributed by atoms with Crippen molar-refractivity contribution in [3.63, 3.8) is 0 Å². The topological polar surface area (TPSA) is 100 Å². The van der Waals surface area contributed by atoms with Gasteiger partial charge in [-0.15, -0.1) is 0 Å². The second kappa shape index (κ2) is 8.62. The number of aromatic nitrogens is 2. The molecule has 182 valence electrons. The SMILES string of the molecule is CC(=N)c1c(N)nc(C23CC2(NSc2cc(Cl)ccc2F)C3)nc1OC1CCN(C(C)C)CC1. The minimum atomic E-state index is -0.310. The van der Waals surface area contributed by atoms with Crippen LogP contribution in [0.3, 0.4) is 0 Å². The third-order valence-electron chi connectivity index (χ3n) is 7.31. The van der Waals surface area contributed by atoms with Gasteiger partial charge in [-0.1, -0.05) is 11.6 Å². The van der Waals surface area contributed by atoms with Crippen LogP contribution in [0.4, 0.5) is 10.2 Å². The fourth-order valence-corrected chi connectivity index (χ4v) is 6.15. The minimum absolute atomic E-state index is 0.0374. The molecular weight excluding hydrogens is 475 g/mol. The number of nitrogens with two attached hydrogens (primary N) is 1. The zero-order valence-corrected chi connectivity index (χ0v) is 21.2. The van der Waals surface area contributed by atoms with E-state index in [1.54, 1.807) is 13.0 Å². The van der Waals surface area contributed by atoms with Gasteiger partial charge in [-0.05, 0) is 76.6 Å². The lowest BCUT2D eigenvalue weighted by Gasteiger charge is -2.34. The Morgan fingerprint density at radius 2 is 2.03 bits per heavy atom. The summed E-state index contributed by atoms with van der Waals surface area (Å²) in [6, 6.07) is 5.04. The van der Waals surface area contributed by atoms with E-state index in [4.69, 9.17) is 32.5 Å². The molecule has 2 heterocycles. The van der Waals surface area contributed by atoms with Gasteiger partial charge in [-0.25, -0.2) is 9.37 Å². The zero-order valence-electron chi connectivity index (χ0n) is 19.6. The van der Waals surface area contributed by atoms with E-state index >= 15 is 0 Å². The molecule has 10 heteroatoms. The molecule has 1 aromatic heterocycles. The van der Waals surface area contributed by atoms with Crippen LogP contribution in [0, 0.1) is 11.2 Å². The van der Waals surface area contributed by atoms with Gasteiger partial charge < -0.3 is 20.8 Å². The van der Waals surface area contributed by atoms with Gasteiger partial charge in [0.05, 0.1) is 15.9 Å². The molecule has 0 bridgehead atoms. The summed E-state index contributed by atoms with van der Waals surface area (Å²) in [5.41, 5.74) is 6.67. The van der Waals surface area contributed by atoms with Gasteiger partial charge in [0.2, 0.25) is 5.88 Å². The summed E-state index contributed by atoms with van der Waals surface area (Å²) >= 11 is 7.27. The lowest BCUT2D eigenvalue weighted by atomic mass is 10.1. The molecule has 0 atom stereocenters. The Bertz CT molecular complexity index is 1130. The number of rotatable bonds is 8. The van der Waals surface area contributed by atoms with Crippen LogP contribution in [-0.2, 0) is 5.41 Å². The first-order chi connectivity index (χ1) is 16.1. The van der Waals surface area contributed by atoms with Gasteiger partial charge >= 0.3 is 0 Å². The summed E-state index contributed by atoms with van der Waals surface area (Å²) in [7, 11) is 0. The van der Waals surface area contributed by atoms with E-state index in [9.17, 15) is 4.39 Å². The van der Waals surface area contributed by atoms with Crippen LogP contribution in [0.25, 0.3) is 0 Å². The first kappa shape index (κ1) is 23.8. The van der Waals surface area contributed by atoms with E-state index < -0.39 is 0 Å². The van der Waals surface area contributed by atoms with Gasteiger partial charge in [0.1, 0.15) is 23.6 Å². The maximum Gasteiger partial charge on any atom is 0.228 e. The van der Waals surface area contributed by atoms with Crippen LogP contribution < -0.4 is 15.2 Å². The summed E-state index contributed by atoms with van der Waals surface area (Å²) in [6.45, 7) is 8.04. The van der Waals surface area contributed by atoms with Gasteiger partial charge in [0.25, 0.3) is 0 Å². The summed E-state index contributed by atoms with van der Waals surface area (Å²) in [6.07, 6.45) is 3.56. The number of nitrogen functional groups attached to an aromatic ring is 1. The Hall–Kier alpha value is -1.94. The standard InChI is InChI=1S/C24H30ClFN6OS/c1-13(2)32-8-6-16(7-9-32)33-21-19(14(3)27)20(28)29-22(30-21)23-11-24(23,12-23)31-34-18-10-15(25)4-5-17(18)26/h4-5,10,13,16,27,31H,6-9,11-12H2,1-3H3,(H2,28,29,30). The molecule has 1 aliphatic heterocycles. The van der Waals surface area contributed by atoms with E-state index in [2.05, 4.69) is 28.5 Å². The number of nitrogens with one attached hydrogen (secondary N) is 2. The van der Waals surface area contributed by atoms with Gasteiger partial charge in [0, 0.05) is 35.4 Å². The normalized spacial score (nSPS) is 26.4. The van der Waals surface area contributed by atoms with E-state index in [1.807, 2.05) is 0 Å². The monoisotopic (exact) mass is 504 g/mol. The number of likely N-dealkylation sites (tertiary alicyclic amines) is 1. The van der Waals surface area contributed by atoms with Gasteiger partial charge in [-0.3, -0.25) is 4.72 Å². The van der Waals surface area contributed by atoms with Crippen molar-refractivity contribution in [3.05, 3.63) is 40.4 Å². The maximum absolute atomic E-state index is 14.1. The highest BCUT2D eigenvalue weighted by atomic mass is 35.5. The molecule has 1 aromatic carbocycles. The van der Waals surface area contributed by atoms with Crippen molar-refractivity contribution >= 4 is 35.1 Å². The molecule has 0 unspecified atom stereocenters. The molecular formula is C24H30ClFN6OS. The first-order valence-electron chi connectivity index (χ1n) is 11.7. The summed E-state index contributed by atoms with van der Waals surface area (Å²) in [4.78, 5) is 12.3.